The van der Waals surface area contributed by atoms with Gasteiger partial charge < -0.3 is 10.6 Å². The van der Waals surface area contributed by atoms with Crippen molar-refractivity contribution in [1.82, 2.24) is 10.6 Å². The largest absolute Gasteiger partial charge is 0.329 e. The van der Waals surface area contributed by atoms with Crippen molar-refractivity contribution in [3.05, 3.63) is 35.9 Å². The van der Waals surface area contributed by atoms with Crippen LogP contribution in [-0.4, -0.2) is 11.8 Å². The van der Waals surface area contributed by atoms with Crippen LogP contribution in [0.1, 0.15) is 18.4 Å². The predicted molar refractivity (Wildman–Crippen MR) is 57.1 cm³/mol. The number of carbonyl (C=O) groups is 2. The number of rotatable bonds is 1. The van der Waals surface area contributed by atoms with Gasteiger partial charge in [-0.3, -0.25) is 9.59 Å². The number of hydrogen-bond donors (Lipinski definition) is 2. The van der Waals surface area contributed by atoms with Gasteiger partial charge in [-0.25, -0.2) is 0 Å². The zero-order valence-corrected chi connectivity index (χ0v) is 8.69. The van der Waals surface area contributed by atoms with E-state index in [9.17, 15) is 9.59 Å². The molecule has 0 radical (unpaired) electrons. The molecule has 0 aliphatic carbocycles. The Labute approximate surface area is 93.0 Å². The quantitative estimate of drug-likeness (QED) is 0.671. The van der Waals surface area contributed by atoms with Crippen LogP contribution in [-0.2, 0) is 15.3 Å². The van der Waals surface area contributed by atoms with Crippen LogP contribution in [0.15, 0.2) is 30.3 Å². The minimum Gasteiger partial charge on any atom is -0.329 e. The van der Waals surface area contributed by atoms with Crippen molar-refractivity contribution in [2.45, 2.75) is 18.5 Å². The van der Waals surface area contributed by atoms with E-state index in [1.807, 2.05) is 30.3 Å². The molecule has 4 nitrogen and oxygen atoms in total. The van der Waals surface area contributed by atoms with Crippen molar-refractivity contribution in [2.75, 3.05) is 0 Å². The summed E-state index contributed by atoms with van der Waals surface area (Å²) < 4.78 is 0. The lowest BCUT2D eigenvalue weighted by atomic mass is 9.80. The maximum Gasteiger partial charge on any atom is 0.234 e. The highest BCUT2D eigenvalue weighted by atomic mass is 16.2. The number of carbonyl (C=O) groups excluding carboxylic acids is 2. The van der Waals surface area contributed by atoms with E-state index < -0.39 is 11.6 Å². The van der Waals surface area contributed by atoms with E-state index in [0.717, 1.165) is 12.0 Å². The minimum absolute atomic E-state index is 0.154. The Kier molecular flexibility index (Phi) is 1.80. The molecular formula is C12H12N2O2. The Morgan fingerprint density at radius 3 is 2.25 bits per heavy atom. The first-order chi connectivity index (χ1) is 7.71. The molecule has 0 aromatic heterocycles. The lowest BCUT2D eigenvalue weighted by Gasteiger charge is -2.46. The second-order valence-electron chi connectivity index (χ2n) is 4.34. The highest BCUT2D eigenvalue weighted by molar-refractivity contribution is 6.04. The topological polar surface area (TPSA) is 58.2 Å². The van der Waals surface area contributed by atoms with Crippen LogP contribution in [0.25, 0.3) is 0 Å². The molecule has 0 unspecified atom stereocenters. The minimum atomic E-state index is -0.676. The Hall–Kier alpha value is -1.84. The maximum absolute atomic E-state index is 11.7. The SMILES string of the molecule is O=C1NC2(c3ccccc3)CCC1C(=O)N2. The Bertz CT molecular complexity index is 437. The van der Waals surface area contributed by atoms with Gasteiger partial charge in [0, 0.05) is 0 Å². The normalized spacial score (nSPS) is 32.1. The summed E-state index contributed by atoms with van der Waals surface area (Å²) in [7, 11) is 0. The molecule has 0 spiro atoms. The lowest BCUT2D eigenvalue weighted by molar-refractivity contribution is -0.149. The molecule has 3 saturated heterocycles. The van der Waals surface area contributed by atoms with Crippen LogP contribution in [0, 0.1) is 5.92 Å². The van der Waals surface area contributed by atoms with Crippen molar-refractivity contribution >= 4 is 11.8 Å². The van der Waals surface area contributed by atoms with Gasteiger partial charge in [0.05, 0.1) is 0 Å². The van der Waals surface area contributed by atoms with E-state index in [-0.39, 0.29) is 11.8 Å². The highest BCUT2D eigenvalue weighted by Crippen LogP contribution is 2.35. The summed E-state index contributed by atoms with van der Waals surface area (Å²) in [6, 6.07) is 9.57. The number of hydrogen-bond acceptors (Lipinski definition) is 2. The summed E-state index contributed by atoms with van der Waals surface area (Å²) in [5, 5.41) is 5.81. The van der Waals surface area contributed by atoms with Gasteiger partial charge in [0.1, 0.15) is 11.6 Å². The number of piperidine rings is 2. The first kappa shape index (κ1) is 9.39. The zero-order valence-electron chi connectivity index (χ0n) is 8.69. The fraction of sp³-hybridized carbons (Fsp3) is 0.333. The molecule has 3 heterocycles. The Morgan fingerprint density at radius 1 is 1.06 bits per heavy atom. The average molecular weight is 216 g/mol. The molecule has 0 atom stereocenters. The zero-order chi connectivity index (χ0) is 11.2. The first-order valence-corrected chi connectivity index (χ1v) is 5.41. The average Bonchev–Trinajstić information content (AvgIpc) is 2.30. The fourth-order valence-corrected chi connectivity index (χ4v) is 2.50. The molecule has 3 fully saturated rings. The summed E-state index contributed by atoms with van der Waals surface area (Å²) >= 11 is 0. The van der Waals surface area contributed by atoms with E-state index in [0.29, 0.717) is 6.42 Å². The van der Waals surface area contributed by atoms with Crippen molar-refractivity contribution in [3.63, 3.8) is 0 Å². The molecule has 4 rings (SSSR count). The highest BCUT2D eigenvalue weighted by Gasteiger charge is 2.50. The Balaban J connectivity index is 2.05. The monoisotopic (exact) mass is 216 g/mol. The molecule has 3 aliphatic rings. The lowest BCUT2D eigenvalue weighted by Crippen LogP contribution is -2.70. The van der Waals surface area contributed by atoms with E-state index in [1.54, 1.807) is 0 Å². The number of amides is 2. The molecule has 2 bridgehead atoms. The summed E-state index contributed by atoms with van der Waals surface area (Å²) in [5.41, 5.74) is 0.263. The van der Waals surface area contributed by atoms with Crippen molar-refractivity contribution in [1.29, 1.82) is 0 Å². The molecule has 1 aromatic carbocycles. The number of fused-ring (bicyclic) bond motifs is 3. The van der Waals surface area contributed by atoms with Crippen molar-refractivity contribution in [3.8, 4) is 0 Å². The molecule has 1 aromatic rings. The molecule has 2 amide bonds. The third-order valence-electron chi connectivity index (χ3n) is 3.38. The van der Waals surface area contributed by atoms with E-state index in [4.69, 9.17) is 0 Å². The standard InChI is InChI=1S/C12H12N2O2/c15-10-9-6-7-12(13-10,14-11(9)16)8-4-2-1-3-5-8/h1-5,9H,6-7H2,(H,13,15)(H,14,16). The predicted octanol–water partition coefficient (Wildman–Crippen LogP) is 0.495. The van der Waals surface area contributed by atoms with Gasteiger partial charge >= 0.3 is 0 Å². The second-order valence-corrected chi connectivity index (χ2v) is 4.34. The van der Waals surface area contributed by atoms with Gasteiger partial charge in [-0.05, 0) is 18.4 Å². The Morgan fingerprint density at radius 2 is 1.69 bits per heavy atom. The molecule has 3 aliphatic heterocycles. The second kappa shape index (κ2) is 3.07. The van der Waals surface area contributed by atoms with E-state index in [2.05, 4.69) is 10.6 Å². The summed E-state index contributed by atoms with van der Waals surface area (Å²) in [4.78, 5) is 23.3. The molecule has 16 heavy (non-hydrogen) atoms. The maximum atomic E-state index is 11.7. The van der Waals surface area contributed by atoms with Crippen LogP contribution in [0.2, 0.25) is 0 Å². The van der Waals surface area contributed by atoms with Gasteiger partial charge in [0.2, 0.25) is 11.8 Å². The van der Waals surface area contributed by atoms with Crippen LogP contribution in [0.5, 0.6) is 0 Å². The third kappa shape index (κ3) is 1.16. The van der Waals surface area contributed by atoms with Crippen LogP contribution < -0.4 is 10.6 Å². The summed E-state index contributed by atoms with van der Waals surface area (Å²) in [6.45, 7) is 0. The van der Waals surface area contributed by atoms with Crippen LogP contribution in [0.3, 0.4) is 0 Å². The van der Waals surface area contributed by atoms with Crippen molar-refractivity contribution in [2.24, 2.45) is 5.92 Å². The van der Waals surface area contributed by atoms with Crippen molar-refractivity contribution < 1.29 is 9.59 Å². The van der Waals surface area contributed by atoms with Crippen LogP contribution >= 0.6 is 0 Å². The van der Waals surface area contributed by atoms with Gasteiger partial charge in [-0.2, -0.15) is 0 Å². The summed E-state index contributed by atoms with van der Waals surface area (Å²) in [6.07, 6.45) is 1.39. The smallest absolute Gasteiger partial charge is 0.234 e. The molecule has 0 saturated carbocycles. The van der Waals surface area contributed by atoms with Gasteiger partial charge in [-0.1, -0.05) is 30.3 Å². The van der Waals surface area contributed by atoms with Crippen LogP contribution in [0.4, 0.5) is 0 Å². The molecule has 2 N–H and O–H groups in total. The first-order valence-electron chi connectivity index (χ1n) is 5.41. The van der Waals surface area contributed by atoms with E-state index in [1.165, 1.54) is 0 Å². The van der Waals surface area contributed by atoms with Gasteiger partial charge in [0.25, 0.3) is 0 Å². The molecule has 82 valence electrons. The number of nitrogens with one attached hydrogen (secondary N) is 2. The van der Waals surface area contributed by atoms with E-state index >= 15 is 0 Å². The third-order valence-corrected chi connectivity index (χ3v) is 3.38. The molecular weight excluding hydrogens is 204 g/mol. The van der Waals surface area contributed by atoms with Gasteiger partial charge in [0.15, 0.2) is 0 Å². The van der Waals surface area contributed by atoms with Gasteiger partial charge in [-0.15, -0.1) is 0 Å². The fourth-order valence-electron chi connectivity index (χ4n) is 2.50. The number of benzene rings is 1. The summed E-state index contributed by atoms with van der Waals surface area (Å²) in [5.74, 6) is -0.803. The molecule has 4 heteroatoms.